The van der Waals surface area contributed by atoms with Crippen molar-refractivity contribution < 1.29 is 10.2 Å². The lowest BCUT2D eigenvalue weighted by Crippen LogP contribution is -2.64. The van der Waals surface area contributed by atoms with Crippen molar-refractivity contribution in [1.82, 2.24) is 4.90 Å². The van der Waals surface area contributed by atoms with E-state index < -0.39 is 0 Å². The standard InChI is InChI=1S/C20H27NO2/c1-9-10-3-12-16-20-6-11(22)5-18(2)8-21(16)13(15(18)20)7-19(12,17(9)23)14(20)4-10/h10-17,22-23H,1,3-8H2,2H3. The highest BCUT2D eigenvalue weighted by molar-refractivity contribution is 5.42. The van der Waals surface area contributed by atoms with Crippen LogP contribution in [-0.2, 0) is 0 Å². The van der Waals surface area contributed by atoms with Gasteiger partial charge in [-0.25, -0.2) is 0 Å². The average Bonchev–Trinajstić information content (AvgIpc) is 2.88. The van der Waals surface area contributed by atoms with Crippen molar-refractivity contribution in [3.8, 4) is 0 Å². The van der Waals surface area contributed by atoms with Crippen LogP contribution in [0.2, 0.25) is 0 Å². The molecular formula is C20H27NO2. The fraction of sp³-hybridized carbons (Fsp3) is 0.900. The van der Waals surface area contributed by atoms with Crippen LogP contribution in [-0.4, -0.2) is 45.9 Å². The molecule has 3 saturated heterocycles. The minimum atomic E-state index is -0.263. The van der Waals surface area contributed by atoms with E-state index in [1.54, 1.807) is 0 Å². The van der Waals surface area contributed by atoms with Gasteiger partial charge in [-0.1, -0.05) is 13.5 Å². The fourth-order valence-corrected chi connectivity index (χ4v) is 10.5. The van der Waals surface area contributed by atoms with E-state index in [1.807, 2.05) is 0 Å². The highest BCUT2D eigenvalue weighted by Crippen LogP contribution is 2.86. The van der Waals surface area contributed by atoms with Gasteiger partial charge >= 0.3 is 0 Å². The molecule has 124 valence electrons. The van der Waals surface area contributed by atoms with E-state index >= 15 is 0 Å². The Morgan fingerprint density at radius 2 is 1.96 bits per heavy atom. The van der Waals surface area contributed by atoms with Gasteiger partial charge in [-0.15, -0.1) is 0 Å². The van der Waals surface area contributed by atoms with Crippen LogP contribution in [0, 0.1) is 39.9 Å². The molecule has 3 nitrogen and oxygen atoms in total. The van der Waals surface area contributed by atoms with Crippen LogP contribution in [0.15, 0.2) is 12.2 Å². The molecule has 3 heteroatoms. The number of nitrogens with zero attached hydrogens (tertiary/aromatic N) is 1. The Morgan fingerprint density at radius 1 is 1.13 bits per heavy atom. The lowest BCUT2D eigenvalue weighted by molar-refractivity contribution is -0.176. The van der Waals surface area contributed by atoms with Crippen molar-refractivity contribution in [1.29, 1.82) is 0 Å². The maximum atomic E-state index is 11.2. The second-order valence-electron chi connectivity index (χ2n) is 10.6. The molecule has 0 aromatic heterocycles. The van der Waals surface area contributed by atoms with Gasteiger partial charge in [0.2, 0.25) is 0 Å². The Hall–Kier alpha value is -0.380. The summed E-state index contributed by atoms with van der Waals surface area (Å²) in [6.45, 7) is 7.96. The molecule has 6 saturated carbocycles. The van der Waals surface area contributed by atoms with Gasteiger partial charge in [-0.3, -0.25) is 4.90 Å². The van der Waals surface area contributed by atoms with Crippen LogP contribution in [0.1, 0.15) is 39.0 Å². The molecule has 0 aromatic rings. The van der Waals surface area contributed by atoms with Crippen LogP contribution in [0.5, 0.6) is 0 Å². The second kappa shape index (κ2) is 3.20. The Bertz CT molecular complexity index is 677. The van der Waals surface area contributed by atoms with E-state index in [-0.39, 0.29) is 17.6 Å². The second-order valence-corrected chi connectivity index (χ2v) is 10.6. The molecule has 9 aliphatic rings. The topological polar surface area (TPSA) is 43.7 Å². The minimum Gasteiger partial charge on any atom is -0.393 e. The zero-order valence-corrected chi connectivity index (χ0v) is 13.9. The number of fused-ring (bicyclic) bond motifs is 1. The Labute approximate surface area is 137 Å². The summed E-state index contributed by atoms with van der Waals surface area (Å²) in [5, 5.41) is 22.0. The van der Waals surface area contributed by atoms with Gasteiger partial charge in [0.05, 0.1) is 12.2 Å². The van der Waals surface area contributed by atoms with E-state index in [2.05, 4.69) is 18.4 Å². The highest BCUT2D eigenvalue weighted by Gasteiger charge is 2.88. The molecule has 12 atom stereocenters. The van der Waals surface area contributed by atoms with Crippen LogP contribution >= 0.6 is 0 Å². The van der Waals surface area contributed by atoms with Gasteiger partial charge in [-0.05, 0) is 72.2 Å². The number of aliphatic hydroxyl groups excluding tert-OH is 2. The normalized spacial score (nSPS) is 75.6. The quantitative estimate of drug-likeness (QED) is 0.670. The summed E-state index contributed by atoms with van der Waals surface area (Å²) in [7, 11) is 0. The molecule has 9 fully saturated rings. The van der Waals surface area contributed by atoms with Gasteiger partial charge in [0, 0.05) is 24.0 Å². The summed E-state index contributed by atoms with van der Waals surface area (Å²) in [6.07, 6.45) is 5.37. The van der Waals surface area contributed by atoms with Gasteiger partial charge in [-0.2, -0.15) is 0 Å². The number of hydrogen-bond donors (Lipinski definition) is 2. The van der Waals surface area contributed by atoms with Gasteiger partial charge < -0.3 is 10.2 Å². The lowest BCUT2D eigenvalue weighted by atomic mass is 9.40. The largest absolute Gasteiger partial charge is 0.393 e. The van der Waals surface area contributed by atoms with E-state index in [4.69, 9.17) is 0 Å². The maximum absolute atomic E-state index is 11.2. The molecule has 12 unspecified atom stereocenters. The highest BCUT2D eigenvalue weighted by atomic mass is 16.3. The molecule has 3 aliphatic heterocycles. The van der Waals surface area contributed by atoms with Crippen LogP contribution < -0.4 is 0 Å². The summed E-state index contributed by atoms with van der Waals surface area (Å²) in [5.41, 5.74) is 1.90. The Morgan fingerprint density at radius 3 is 2.78 bits per heavy atom. The van der Waals surface area contributed by atoms with Crippen molar-refractivity contribution in [2.75, 3.05) is 6.54 Å². The van der Waals surface area contributed by atoms with Crippen molar-refractivity contribution >= 4 is 0 Å². The lowest BCUT2D eigenvalue weighted by Gasteiger charge is -2.65. The van der Waals surface area contributed by atoms with Crippen molar-refractivity contribution in [2.45, 2.75) is 63.3 Å². The zero-order chi connectivity index (χ0) is 15.5. The molecule has 23 heavy (non-hydrogen) atoms. The molecule has 2 spiro atoms. The minimum absolute atomic E-state index is 0.118. The molecule has 6 aliphatic carbocycles. The summed E-state index contributed by atoms with van der Waals surface area (Å²) < 4.78 is 0. The molecule has 3 heterocycles. The van der Waals surface area contributed by atoms with E-state index in [0.29, 0.717) is 40.7 Å². The van der Waals surface area contributed by atoms with Gasteiger partial charge in [0.25, 0.3) is 0 Å². The first kappa shape index (κ1) is 12.9. The third kappa shape index (κ3) is 0.950. The molecule has 0 aromatic carbocycles. The van der Waals surface area contributed by atoms with E-state index in [1.165, 1.54) is 25.8 Å². The monoisotopic (exact) mass is 313 g/mol. The number of piperidine rings is 2. The smallest absolute Gasteiger partial charge is 0.0813 e. The zero-order valence-electron chi connectivity index (χ0n) is 13.9. The maximum Gasteiger partial charge on any atom is 0.0813 e. The Kier molecular flexibility index (Phi) is 1.79. The SMILES string of the molecule is C=C1C2CC3C4N5CC6(C)CC(O)CC47C6C5CC3(C1O)C7C2. The molecule has 9 rings (SSSR count). The first-order valence-electron chi connectivity index (χ1n) is 9.74. The van der Waals surface area contributed by atoms with Crippen molar-refractivity contribution in [3.63, 3.8) is 0 Å². The molecular weight excluding hydrogens is 286 g/mol. The number of rotatable bonds is 0. The first-order valence-corrected chi connectivity index (χ1v) is 9.74. The fourth-order valence-electron chi connectivity index (χ4n) is 10.5. The van der Waals surface area contributed by atoms with Crippen LogP contribution in [0.3, 0.4) is 0 Å². The molecule has 0 amide bonds. The number of hydrogen-bond acceptors (Lipinski definition) is 3. The summed E-state index contributed by atoms with van der Waals surface area (Å²) >= 11 is 0. The van der Waals surface area contributed by atoms with Crippen LogP contribution in [0.25, 0.3) is 0 Å². The van der Waals surface area contributed by atoms with E-state index in [9.17, 15) is 10.2 Å². The molecule has 2 N–H and O–H groups in total. The Balaban J connectivity index is 1.52. The third-order valence-corrected chi connectivity index (χ3v) is 10.3. The average molecular weight is 313 g/mol. The number of aliphatic hydroxyl groups is 2. The molecule has 9 bridgehead atoms. The first-order chi connectivity index (χ1) is 10.9. The summed E-state index contributed by atoms with van der Waals surface area (Å²) in [6, 6.07) is 1.34. The van der Waals surface area contributed by atoms with Gasteiger partial charge in [0.1, 0.15) is 0 Å². The summed E-state index contributed by atoms with van der Waals surface area (Å²) in [5.74, 6) is 2.64. The molecule has 0 radical (unpaired) electrons. The predicted molar refractivity (Wildman–Crippen MR) is 85.5 cm³/mol. The van der Waals surface area contributed by atoms with E-state index in [0.717, 1.165) is 24.3 Å². The summed E-state index contributed by atoms with van der Waals surface area (Å²) in [4.78, 5) is 2.88. The van der Waals surface area contributed by atoms with Gasteiger partial charge in [0.15, 0.2) is 0 Å². The van der Waals surface area contributed by atoms with Crippen molar-refractivity contribution in [2.24, 2.45) is 39.9 Å². The van der Waals surface area contributed by atoms with Crippen molar-refractivity contribution in [3.05, 3.63) is 12.2 Å². The predicted octanol–water partition coefficient (Wildman–Crippen LogP) is 1.79. The third-order valence-electron chi connectivity index (χ3n) is 10.3. The van der Waals surface area contributed by atoms with Crippen LogP contribution in [0.4, 0.5) is 0 Å².